The summed E-state index contributed by atoms with van der Waals surface area (Å²) in [6, 6.07) is 9.82. The molecule has 6 nitrogen and oxygen atoms in total. The Bertz CT molecular complexity index is 610. The van der Waals surface area contributed by atoms with Gasteiger partial charge in [-0.15, -0.1) is 0 Å². The van der Waals surface area contributed by atoms with Crippen LogP contribution >= 0.6 is 0 Å². The summed E-state index contributed by atoms with van der Waals surface area (Å²) in [5, 5.41) is 10.6. The first-order valence-corrected chi connectivity index (χ1v) is 8.40. The number of nitrogens with zero attached hydrogens (tertiary/aromatic N) is 1. The molecule has 3 rings (SSSR count). The van der Waals surface area contributed by atoms with E-state index in [2.05, 4.69) is 15.8 Å². The van der Waals surface area contributed by atoms with Crippen LogP contribution in [0.2, 0.25) is 0 Å². The summed E-state index contributed by atoms with van der Waals surface area (Å²) in [6.07, 6.45) is 0.296. The van der Waals surface area contributed by atoms with Crippen molar-refractivity contribution in [3.05, 3.63) is 35.9 Å². The van der Waals surface area contributed by atoms with E-state index >= 15 is 0 Å². The minimum atomic E-state index is -0.535. The fourth-order valence-electron chi connectivity index (χ4n) is 3.11. The van der Waals surface area contributed by atoms with Crippen LogP contribution in [-0.4, -0.2) is 42.6 Å². The molecule has 6 heteroatoms. The number of hydrogen-bond acceptors (Lipinski definition) is 5. The van der Waals surface area contributed by atoms with Gasteiger partial charge in [-0.3, -0.25) is 0 Å². The highest BCUT2D eigenvalue weighted by Crippen LogP contribution is 2.25. The van der Waals surface area contributed by atoms with E-state index in [4.69, 9.17) is 9.57 Å². The first kappa shape index (κ1) is 16.8. The lowest BCUT2D eigenvalue weighted by Crippen LogP contribution is -2.47. The molecule has 2 aliphatic rings. The SMILES string of the molecule is CC(C)(C)OC(=O)N[C@@H](Cc1ccccc1)C1=NO[C@@H]2CNC[C@H]12. The zero-order chi connectivity index (χ0) is 17.2. The van der Waals surface area contributed by atoms with Gasteiger partial charge < -0.3 is 20.2 Å². The zero-order valence-electron chi connectivity index (χ0n) is 14.4. The van der Waals surface area contributed by atoms with Gasteiger partial charge in [-0.05, 0) is 32.8 Å². The molecule has 1 saturated heterocycles. The van der Waals surface area contributed by atoms with Gasteiger partial charge in [0, 0.05) is 13.1 Å². The Hall–Kier alpha value is -2.08. The van der Waals surface area contributed by atoms with Crippen molar-refractivity contribution in [1.29, 1.82) is 0 Å². The molecule has 0 aromatic heterocycles. The van der Waals surface area contributed by atoms with Crippen LogP contribution in [0.25, 0.3) is 0 Å². The van der Waals surface area contributed by atoms with Crippen molar-refractivity contribution in [2.45, 2.75) is 44.9 Å². The van der Waals surface area contributed by atoms with Gasteiger partial charge in [0.1, 0.15) is 11.7 Å². The van der Waals surface area contributed by atoms with Gasteiger partial charge in [0.2, 0.25) is 0 Å². The van der Waals surface area contributed by atoms with E-state index in [1.165, 1.54) is 0 Å². The van der Waals surface area contributed by atoms with E-state index in [9.17, 15) is 4.79 Å². The molecule has 2 aliphatic heterocycles. The maximum atomic E-state index is 12.3. The van der Waals surface area contributed by atoms with Crippen LogP contribution < -0.4 is 10.6 Å². The third-order valence-electron chi connectivity index (χ3n) is 4.16. The zero-order valence-corrected chi connectivity index (χ0v) is 14.4. The highest BCUT2D eigenvalue weighted by atomic mass is 16.6. The number of ether oxygens (including phenoxy) is 1. The molecule has 2 N–H and O–H groups in total. The summed E-state index contributed by atoms with van der Waals surface area (Å²) in [5.41, 5.74) is 1.49. The van der Waals surface area contributed by atoms with Gasteiger partial charge in [0.15, 0.2) is 0 Å². The van der Waals surface area contributed by atoms with Crippen molar-refractivity contribution < 1.29 is 14.4 Å². The van der Waals surface area contributed by atoms with Gasteiger partial charge >= 0.3 is 6.09 Å². The number of rotatable bonds is 4. The second kappa shape index (κ2) is 6.81. The number of hydrogen-bond donors (Lipinski definition) is 2. The molecular weight excluding hydrogens is 306 g/mol. The topological polar surface area (TPSA) is 72.0 Å². The average Bonchev–Trinajstić information content (AvgIpc) is 3.08. The van der Waals surface area contributed by atoms with Crippen molar-refractivity contribution in [3.63, 3.8) is 0 Å². The van der Waals surface area contributed by atoms with Gasteiger partial charge in [-0.2, -0.15) is 0 Å². The summed E-state index contributed by atoms with van der Waals surface area (Å²) in [6.45, 7) is 7.18. The monoisotopic (exact) mass is 331 g/mol. The lowest BCUT2D eigenvalue weighted by Gasteiger charge is -2.25. The predicted molar refractivity (Wildman–Crippen MR) is 92.0 cm³/mol. The number of oxime groups is 1. The molecule has 1 aromatic carbocycles. The summed E-state index contributed by atoms with van der Waals surface area (Å²) >= 11 is 0. The molecule has 24 heavy (non-hydrogen) atoms. The Morgan fingerprint density at radius 2 is 2.12 bits per heavy atom. The molecule has 0 spiro atoms. The Morgan fingerprint density at radius 3 is 2.83 bits per heavy atom. The molecule has 0 radical (unpaired) electrons. The van der Waals surface area contributed by atoms with Gasteiger partial charge in [0.25, 0.3) is 0 Å². The summed E-state index contributed by atoms with van der Waals surface area (Å²) in [7, 11) is 0. The Kier molecular flexibility index (Phi) is 4.76. The summed E-state index contributed by atoms with van der Waals surface area (Å²) < 4.78 is 5.42. The van der Waals surface area contributed by atoms with Crippen LogP contribution in [0.3, 0.4) is 0 Å². The highest BCUT2D eigenvalue weighted by Gasteiger charge is 2.42. The fourth-order valence-corrected chi connectivity index (χ4v) is 3.11. The number of amides is 1. The molecule has 0 unspecified atom stereocenters. The molecule has 0 bridgehead atoms. The molecule has 1 aromatic rings. The Labute approximate surface area is 142 Å². The van der Waals surface area contributed by atoms with Gasteiger partial charge in [-0.25, -0.2) is 4.79 Å². The lowest BCUT2D eigenvalue weighted by atomic mass is 9.91. The quantitative estimate of drug-likeness (QED) is 0.886. The number of benzene rings is 1. The van der Waals surface area contributed by atoms with Crippen LogP contribution in [0.5, 0.6) is 0 Å². The van der Waals surface area contributed by atoms with Crippen LogP contribution in [0, 0.1) is 5.92 Å². The first-order valence-electron chi connectivity index (χ1n) is 8.40. The summed E-state index contributed by atoms with van der Waals surface area (Å²) in [4.78, 5) is 17.8. The Balaban J connectivity index is 1.75. The minimum absolute atomic E-state index is 0.0682. The average molecular weight is 331 g/mol. The molecule has 0 aliphatic carbocycles. The normalized spacial score (nSPS) is 23.9. The molecule has 1 amide bonds. The minimum Gasteiger partial charge on any atom is -0.444 e. The van der Waals surface area contributed by atoms with E-state index in [-0.39, 0.29) is 18.1 Å². The van der Waals surface area contributed by atoms with Crippen molar-refractivity contribution in [1.82, 2.24) is 10.6 Å². The second-order valence-electron chi connectivity index (χ2n) is 7.31. The van der Waals surface area contributed by atoms with Crippen LogP contribution in [0.4, 0.5) is 4.79 Å². The van der Waals surface area contributed by atoms with E-state index in [0.717, 1.165) is 24.4 Å². The summed E-state index contributed by atoms with van der Waals surface area (Å²) in [5.74, 6) is 0.202. The van der Waals surface area contributed by atoms with Crippen molar-refractivity contribution >= 4 is 11.8 Å². The third-order valence-corrected chi connectivity index (χ3v) is 4.16. The lowest BCUT2D eigenvalue weighted by molar-refractivity contribution is 0.0517. The molecule has 130 valence electrons. The molecule has 1 fully saturated rings. The van der Waals surface area contributed by atoms with Crippen molar-refractivity contribution in [2.24, 2.45) is 11.1 Å². The van der Waals surface area contributed by atoms with Crippen molar-refractivity contribution in [2.75, 3.05) is 13.1 Å². The van der Waals surface area contributed by atoms with Gasteiger partial charge in [-0.1, -0.05) is 35.5 Å². The maximum Gasteiger partial charge on any atom is 0.408 e. The third kappa shape index (κ3) is 4.06. The number of fused-ring (bicyclic) bond motifs is 1. The smallest absolute Gasteiger partial charge is 0.408 e. The number of carbonyl (C=O) groups excluding carboxylic acids is 1. The molecular formula is C18H25N3O3. The van der Waals surface area contributed by atoms with Gasteiger partial charge in [0.05, 0.1) is 17.7 Å². The van der Waals surface area contributed by atoms with E-state index < -0.39 is 11.7 Å². The maximum absolute atomic E-state index is 12.3. The number of alkyl carbamates (subject to hydrolysis) is 1. The number of nitrogens with one attached hydrogen (secondary N) is 2. The Morgan fingerprint density at radius 1 is 1.38 bits per heavy atom. The predicted octanol–water partition coefficient (Wildman–Crippen LogP) is 2.10. The molecule has 3 atom stereocenters. The number of carbonyl (C=O) groups is 1. The van der Waals surface area contributed by atoms with Crippen LogP contribution in [-0.2, 0) is 16.0 Å². The first-order chi connectivity index (χ1) is 11.4. The molecule has 2 heterocycles. The standard InChI is InChI=1S/C18H25N3O3/c1-18(2,3)23-17(22)20-14(9-12-7-5-4-6-8-12)16-13-10-19-11-15(13)24-21-16/h4-8,13-15,19H,9-11H2,1-3H3,(H,20,22)/t13-,14-,15+/m0/s1. The van der Waals surface area contributed by atoms with Crippen molar-refractivity contribution in [3.8, 4) is 0 Å². The van der Waals surface area contributed by atoms with Crippen LogP contribution in [0.15, 0.2) is 35.5 Å². The fraction of sp³-hybridized carbons (Fsp3) is 0.556. The van der Waals surface area contributed by atoms with E-state index in [1.807, 2.05) is 51.1 Å². The highest BCUT2D eigenvalue weighted by molar-refractivity contribution is 5.95. The molecule has 0 saturated carbocycles. The van der Waals surface area contributed by atoms with E-state index in [1.54, 1.807) is 0 Å². The van der Waals surface area contributed by atoms with E-state index in [0.29, 0.717) is 6.42 Å². The van der Waals surface area contributed by atoms with Crippen LogP contribution in [0.1, 0.15) is 26.3 Å². The second-order valence-corrected chi connectivity index (χ2v) is 7.31. The largest absolute Gasteiger partial charge is 0.444 e.